The van der Waals surface area contributed by atoms with Crippen LogP contribution >= 0.6 is 0 Å². The standard InChI is InChI=1S/C18H21N3O3/c1-24-16(22)11-21-12-19-15-10-9-14(20-17(15)18(21)23)8-7-13-5-3-2-4-6-13/h2-6,12,14,20H,7-11H2,1H3. The van der Waals surface area contributed by atoms with Crippen LogP contribution in [0.5, 0.6) is 0 Å². The summed E-state index contributed by atoms with van der Waals surface area (Å²) < 4.78 is 5.90. The summed E-state index contributed by atoms with van der Waals surface area (Å²) >= 11 is 0. The minimum Gasteiger partial charge on any atom is -0.468 e. The van der Waals surface area contributed by atoms with Crippen LogP contribution in [0.1, 0.15) is 24.1 Å². The third-order valence-electron chi connectivity index (χ3n) is 4.35. The Balaban J connectivity index is 1.71. The van der Waals surface area contributed by atoms with E-state index in [1.54, 1.807) is 0 Å². The number of ether oxygens (including phenoxy) is 1. The van der Waals surface area contributed by atoms with Gasteiger partial charge in [0.15, 0.2) is 0 Å². The molecule has 1 atom stereocenters. The van der Waals surface area contributed by atoms with E-state index >= 15 is 0 Å². The number of anilines is 1. The summed E-state index contributed by atoms with van der Waals surface area (Å²) in [5.74, 6) is -0.463. The van der Waals surface area contributed by atoms with E-state index in [-0.39, 0.29) is 18.1 Å². The summed E-state index contributed by atoms with van der Waals surface area (Å²) in [6.07, 6.45) is 5.06. The van der Waals surface area contributed by atoms with Gasteiger partial charge in [0.2, 0.25) is 0 Å². The van der Waals surface area contributed by atoms with Crippen LogP contribution in [0, 0.1) is 0 Å². The molecule has 0 radical (unpaired) electrons. The van der Waals surface area contributed by atoms with Crippen LogP contribution in [0.2, 0.25) is 0 Å². The third-order valence-corrected chi connectivity index (χ3v) is 4.35. The Morgan fingerprint density at radius 1 is 1.38 bits per heavy atom. The van der Waals surface area contributed by atoms with Crippen molar-refractivity contribution in [3.63, 3.8) is 0 Å². The first-order valence-electron chi connectivity index (χ1n) is 8.13. The molecular formula is C18H21N3O3. The van der Waals surface area contributed by atoms with Gasteiger partial charge in [0.05, 0.1) is 19.1 Å². The van der Waals surface area contributed by atoms with Gasteiger partial charge >= 0.3 is 5.97 Å². The maximum Gasteiger partial charge on any atom is 0.325 e. The maximum atomic E-state index is 12.5. The van der Waals surface area contributed by atoms with Gasteiger partial charge in [-0.1, -0.05) is 30.3 Å². The van der Waals surface area contributed by atoms with E-state index in [0.717, 1.165) is 31.4 Å². The Hall–Kier alpha value is -2.63. The van der Waals surface area contributed by atoms with E-state index in [9.17, 15) is 9.59 Å². The molecule has 1 N–H and O–H groups in total. The topological polar surface area (TPSA) is 73.2 Å². The van der Waals surface area contributed by atoms with Crippen molar-refractivity contribution >= 4 is 11.7 Å². The summed E-state index contributed by atoms with van der Waals surface area (Å²) in [5.41, 5.74) is 2.37. The Labute approximate surface area is 140 Å². The van der Waals surface area contributed by atoms with Crippen molar-refractivity contribution < 1.29 is 9.53 Å². The number of aromatic nitrogens is 2. The van der Waals surface area contributed by atoms with Crippen molar-refractivity contribution in [2.45, 2.75) is 38.3 Å². The number of rotatable bonds is 5. The molecule has 3 rings (SSSR count). The van der Waals surface area contributed by atoms with Crippen molar-refractivity contribution in [3.8, 4) is 0 Å². The Morgan fingerprint density at radius 3 is 2.92 bits per heavy atom. The minimum atomic E-state index is -0.463. The first kappa shape index (κ1) is 16.2. The summed E-state index contributed by atoms with van der Waals surface area (Å²) in [4.78, 5) is 28.2. The van der Waals surface area contributed by atoms with Crippen molar-refractivity contribution in [1.82, 2.24) is 9.55 Å². The Bertz CT molecular complexity index is 771. The van der Waals surface area contributed by atoms with E-state index in [4.69, 9.17) is 0 Å². The highest BCUT2D eigenvalue weighted by Gasteiger charge is 2.22. The molecule has 0 fully saturated rings. The second-order valence-corrected chi connectivity index (χ2v) is 5.98. The summed E-state index contributed by atoms with van der Waals surface area (Å²) in [7, 11) is 1.30. The number of benzene rings is 1. The van der Waals surface area contributed by atoms with Gasteiger partial charge in [-0.15, -0.1) is 0 Å². The minimum absolute atomic E-state index is 0.119. The third kappa shape index (κ3) is 3.64. The number of hydrogen-bond donors (Lipinski definition) is 1. The lowest BCUT2D eigenvalue weighted by Crippen LogP contribution is -2.35. The molecule has 1 aliphatic rings. The number of hydrogen-bond acceptors (Lipinski definition) is 5. The molecule has 0 amide bonds. The summed E-state index contributed by atoms with van der Waals surface area (Å²) in [6.45, 7) is -0.119. The second kappa shape index (κ2) is 7.29. The van der Waals surface area contributed by atoms with E-state index in [1.807, 2.05) is 18.2 Å². The van der Waals surface area contributed by atoms with Gasteiger partial charge in [0.25, 0.3) is 5.56 Å². The van der Waals surface area contributed by atoms with Crippen LogP contribution in [0.15, 0.2) is 41.5 Å². The van der Waals surface area contributed by atoms with Gasteiger partial charge in [0, 0.05) is 6.04 Å². The monoisotopic (exact) mass is 327 g/mol. The average molecular weight is 327 g/mol. The van der Waals surface area contributed by atoms with Gasteiger partial charge in [-0.25, -0.2) is 4.98 Å². The highest BCUT2D eigenvalue weighted by molar-refractivity contribution is 5.69. The molecule has 1 unspecified atom stereocenters. The molecule has 0 spiro atoms. The van der Waals surface area contributed by atoms with Gasteiger partial charge in [0.1, 0.15) is 12.2 Å². The van der Waals surface area contributed by atoms with Gasteiger partial charge in [-0.3, -0.25) is 14.2 Å². The van der Waals surface area contributed by atoms with Crippen molar-refractivity contribution in [2.24, 2.45) is 0 Å². The number of nitrogens with one attached hydrogen (secondary N) is 1. The van der Waals surface area contributed by atoms with E-state index < -0.39 is 5.97 Å². The van der Waals surface area contributed by atoms with Crippen LogP contribution in [0.4, 0.5) is 5.69 Å². The Kier molecular flexibility index (Phi) is 4.93. The molecule has 126 valence electrons. The predicted molar refractivity (Wildman–Crippen MR) is 91.0 cm³/mol. The number of methoxy groups -OCH3 is 1. The number of aryl methyl sites for hydroxylation is 2. The highest BCUT2D eigenvalue weighted by Crippen LogP contribution is 2.22. The average Bonchev–Trinajstić information content (AvgIpc) is 2.63. The highest BCUT2D eigenvalue weighted by atomic mass is 16.5. The van der Waals surface area contributed by atoms with Crippen LogP contribution in [-0.2, 0) is 28.9 Å². The molecule has 2 aromatic rings. The van der Waals surface area contributed by atoms with Gasteiger partial charge < -0.3 is 10.1 Å². The molecular weight excluding hydrogens is 306 g/mol. The Morgan fingerprint density at radius 2 is 2.17 bits per heavy atom. The first-order valence-corrected chi connectivity index (χ1v) is 8.13. The molecule has 0 saturated heterocycles. The van der Waals surface area contributed by atoms with Crippen molar-refractivity contribution in [1.29, 1.82) is 0 Å². The fraction of sp³-hybridized carbons (Fsp3) is 0.389. The van der Waals surface area contributed by atoms with E-state index in [1.165, 1.54) is 23.6 Å². The number of carbonyl (C=O) groups excluding carboxylic acids is 1. The zero-order valence-corrected chi connectivity index (χ0v) is 13.7. The molecule has 2 heterocycles. The lowest BCUT2D eigenvalue weighted by molar-refractivity contribution is -0.141. The zero-order chi connectivity index (χ0) is 16.9. The number of fused-ring (bicyclic) bond motifs is 1. The smallest absolute Gasteiger partial charge is 0.325 e. The van der Waals surface area contributed by atoms with E-state index in [0.29, 0.717) is 5.69 Å². The van der Waals surface area contributed by atoms with Crippen LogP contribution < -0.4 is 10.9 Å². The molecule has 0 aliphatic carbocycles. The second-order valence-electron chi connectivity index (χ2n) is 5.98. The molecule has 1 aliphatic heterocycles. The predicted octanol–water partition coefficient (Wildman–Crippen LogP) is 1.78. The molecule has 0 saturated carbocycles. The number of esters is 1. The molecule has 6 heteroatoms. The van der Waals surface area contributed by atoms with Gasteiger partial charge in [-0.05, 0) is 31.2 Å². The SMILES string of the molecule is COC(=O)Cn1cnc2c(c1=O)NC(CCc1ccccc1)CC2. The van der Waals surface area contributed by atoms with Crippen LogP contribution in [-0.4, -0.2) is 28.7 Å². The van der Waals surface area contributed by atoms with Gasteiger partial charge in [-0.2, -0.15) is 0 Å². The van der Waals surface area contributed by atoms with Crippen LogP contribution in [0.25, 0.3) is 0 Å². The first-order chi connectivity index (χ1) is 11.7. The normalized spacial score (nSPS) is 16.1. The van der Waals surface area contributed by atoms with E-state index in [2.05, 4.69) is 27.2 Å². The zero-order valence-electron chi connectivity index (χ0n) is 13.7. The fourth-order valence-electron chi connectivity index (χ4n) is 2.96. The number of carbonyl (C=O) groups is 1. The summed E-state index contributed by atoms with van der Waals surface area (Å²) in [6, 6.07) is 10.5. The molecule has 24 heavy (non-hydrogen) atoms. The fourth-order valence-corrected chi connectivity index (χ4v) is 2.96. The number of nitrogens with zero attached hydrogens (tertiary/aromatic N) is 2. The van der Waals surface area contributed by atoms with Crippen molar-refractivity contribution in [3.05, 3.63) is 58.3 Å². The maximum absolute atomic E-state index is 12.5. The molecule has 1 aromatic heterocycles. The largest absolute Gasteiger partial charge is 0.468 e. The molecule has 0 bridgehead atoms. The van der Waals surface area contributed by atoms with Crippen LogP contribution in [0.3, 0.4) is 0 Å². The lowest BCUT2D eigenvalue weighted by atomic mass is 9.97. The summed E-state index contributed by atoms with van der Waals surface area (Å²) in [5, 5.41) is 3.32. The lowest BCUT2D eigenvalue weighted by Gasteiger charge is -2.26. The quantitative estimate of drug-likeness (QED) is 0.848. The van der Waals surface area contributed by atoms with Crippen molar-refractivity contribution in [2.75, 3.05) is 12.4 Å². The molecule has 1 aromatic carbocycles. The molecule has 6 nitrogen and oxygen atoms in total.